The van der Waals surface area contributed by atoms with Gasteiger partial charge in [0.25, 0.3) is 0 Å². The van der Waals surface area contributed by atoms with E-state index in [2.05, 4.69) is 6.92 Å². The van der Waals surface area contributed by atoms with Gasteiger partial charge in [-0.15, -0.1) is 0 Å². The molecule has 2 rings (SSSR count). The van der Waals surface area contributed by atoms with E-state index in [-0.39, 0.29) is 6.42 Å². The Morgan fingerprint density at radius 3 is 2.21 bits per heavy atom. The summed E-state index contributed by atoms with van der Waals surface area (Å²) in [6.45, 7) is -0.0690. The molecule has 0 aromatic rings. The van der Waals surface area contributed by atoms with Gasteiger partial charge in [0.15, 0.2) is 6.10 Å². The highest BCUT2D eigenvalue weighted by atomic mass is 16.8. The first-order valence-electron chi connectivity index (χ1n) is 12.0. The van der Waals surface area contributed by atoms with Crippen LogP contribution in [-0.4, -0.2) is 116 Å². The molecular weight excluding hydrogens is 456 g/mol. The number of ether oxygens (including phenoxy) is 4. The van der Waals surface area contributed by atoms with Crippen LogP contribution in [0.3, 0.4) is 0 Å². The second kappa shape index (κ2) is 14.0. The Labute approximate surface area is 199 Å². The Hall–Kier alpha value is -0.930. The molecule has 0 aromatic heterocycles. The van der Waals surface area contributed by atoms with Crippen molar-refractivity contribution in [1.29, 1.82) is 0 Å². The number of hydrogen-bond donors (Lipinski definition) is 7. The zero-order valence-electron chi connectivity index (χ0n) is 19.6. The number of esters is 1. The van der Waals surface area contributed by atoms with Crippen LogP contribution < -0.4 is 0 Å². The lowest BCUT2D eigenvalue weighted by molar-refractivity contribution is -0.415. The molecule has 0 unspecified atom stereocenters. The predicted octanol–water partition coefficient (Wildman–Crippen LogP) is -1.70. The molecular formula is C22H40O12. The second-order valence-electron chi connectivity index (χ2n) is 8.93. The van der Waals surface area contributed by atoms with E-state index in [0.29, 0.717) is 6.42 Å². The second-order valence-corrected chi connectivity index (χ2v) is 8.93. The van der Waals surface area contributed by atoms with E-state index in [1.54, 1.807) is 0 Å². The molecule has 0 saturated carbocycles. The van der Waals surface area contributed by atoms with Gasteiger partial charge in [-0.25, -0.2) is 0 Å². The molecule has 0 spiro atoms. The van der Waals surface area contributed by atoms with E-state index in [0.717, 1.165) is 32.1 Å². The maximum absolute atomic E-state index is 12.4. The zero-order valence-corrected chi connectivity index (χ0v) is 19.6. The van der Waals surface area contributed by atoms with Gasteiger partial charge in [0, 0.05) is 6.42 Å². The number of hydrogen-bond acceptors (Lipinski definition) is 12. The number of aliphatic hydroxyl groups excluding tert-OH is 7. The summed E-state index contributed by atoms with van der Waals surface area (Å²) >= 11 is 0. The summed E-state index contributed by atoms with van der Waals surface area (Å²) in [4.78, 5) is 12.4. The molecule has 2 heterocycles. The van der Waals surface area contributed by atoms with Crippen molar-refractivity contribution < 1.29 is 59.5 Å². The van der Waals surface area contributed by atoms with Crippen molar-refractivity contribution in [3.8, 4) is 0 Å². The molecule has 9 atom stereocenters. The Morgan fingerprint density at radius 1 is 0.941 bits per heavy atom. The van der Waals surface area contributed by atoms with Crippen LogP contribution in [-0.2, 0) is 23.7 Å². The number of unbranched alkanes of at least 4 members (excludes halogenated alkanes) is 6. The predicted molar refractivity (Wildman–Crippen MR) is 115 cm³/mol. The van der Waals surface area contributed by atoms with Crippen LogP contribution in [0.2, 0.25) is 0 Å². The summed E-state index contributed by atoms with van der Waals surface area (Å²) in [5, 5.41) is 70.2. The fraction of sp³-hybridized carbons (Fsp3) is 0.955. The molecule has 12 heteroatoms. The van der Waals surface area contributed by atoms with Gasteiger partial charge in [-0.3, -0.25) is 4.79 Å². The molecule has 7 N–H and O–H groups in total. The number of carbonyl (C=O) groups excluding carboxylic acids is 1. The van der Waals surface area contributed by atoms with Crippen molar-refractivity contribution in [3.63, 3.8) is 0 Å². The molecule has 0 radical (unpaired) electrons. The van der Waals surface area contributed by atoms with E-state index in [1.807, 2.05) is 0 Å². The summed E-state index contributed by atoms with van der Waals surface area (Å²) in [6.07, 6.45) is -6.08. The quantitative estimate of drug-likeness (QED) is 0.113. The van der Waals surface area contributed by atoms with Gasteiger partial charge in [-0.05, 0) is 6.42 Å². The first-order valence-corrected chi connectivity index (χ1v) is 12.0. The van der Waals surface area contributed by atoms with Crippen molar-refractivity contribution in [2.24, 2.45) is 0 Å². The Kier molecular flexibility index (Phi) is 12.0. The number of aliphatic hydroxyl groups is 7. The van der Waals surface area contributed by atoms with Crippen molar-refractivity contribution in [3.05, 3.63) is 0 Å². The summed E-state index contributed by atoms with van der Waals surface area (Å²) in [5.41, 5.74) is 0. The van der Waals surface area contributed by atoms with Crippen molar-refractivity contribution >= 4 is 5.97 Å². The van der Waals surface area contributed by atoms with E-state index >= 15 is 0 Å². The van der Waals surface area contributed by atoms with Crippen LogP contribution in [0, 0.1) is 0 Å². The average Bonchev–Trinajstić information content (AvgIpc) is 2.83. The molecule has 0 bridgehead atoms. The zero-order chi connectivity index (χ0) is 25.3. The minimum Gasteiger partial charge on any atom is -0.454 e. The average molecular weight is 497 g/mol. The van der Waals surface area contributed by atoms with Crippen LogP contribution in [0.15, 0.2) is 0 Å². The topological polar surface area (TPSA) is 196 Å². The highest BCUT2D eigenvalue weighted by Crippen LogP contribution is 2.33. The lowest BCUT2D eigenvalue weighted by Crippen LogP contribution is -2.68. The number of carbonyl (C=O) groups is 1. The Balaban J connectivity index is 2.04. The molecule has 2 aliphatic heterocycles. The Morgan fingerprint density at radius 2 is 1.59 bits per heavy atom. The SMILES string of the molecule is CCCCCCCCCC(=O)O[C@H]1[C@@H](O[C@@]2(CO)OC[C@@H](O)[C@@H](O)[C@@H]2O)O[C@H](CO)[C@@H](O)[C@@H]1O. The molecule has 2 fully saturated rings. The monoisotopic (exact) mass is 496 g/mol. The summed E-state index contributed by atoms with van der Waals surface area (Å²) < 4.78 is 21.6. The van der Waals surface area contributed by atoms with Gasteiger partial charge >= 0.3 is 5.97 Å². The third-order valence-corrected chi connectivity index (χ3v) is 6.28. The highest BCUT2D eigenvalue weighted by molar-refractivity contribution is 5.69. The lowest BCUT2D eigenvalue weighted by Gasteiger charge is -2.48. The molecule has 34 heavy (non-hydrogen) atoms. The van der Waals surface area contributed by atoms with Crippen molar-refractivity contribution in [2.45, 2.75) is 113 Å². The Bertz CT molecular complexity index is 606. The summed E-state index contributed by atoms with van der Waals surface area (Å²) in [5.74, 6) is -2.96. The third-order valence-electron chi connectivity index (χ3n) is 6.28. The van der Waals surface area contributed by atoms with Crippen molar-refractivity contribution in [2.75, 3.05) is 19.8 Å². The third kappa shape index (κ3) is 7.29. The van der Waals surface area contributed by atoms with Gasteiger partial charge in [0.05, 0.1) is 13.2 Å². The maximum atomic E-state index is 12.4. The normalized spacial score (nSPS) is 38.6. The van der Waals surface area contributed by atoms with Gasteiger partial charge < -0.3 is 54.7 Å². The van der Waals surface area contributed by atoms with Gasteiger partial charge in [-0.1, -0.05) is 45.4 Å². The molecule has 200 valence electrons. The highest BCUT2D eigenvalue weighted by Gasteiger charge is 2.56. The van der Waals surface area contributed by atoms with Crippen molar-refractivity contribution in [1.82, 2.24) is 0 Å². The molecule has 0 aliphatic carbocycles. The fourth-order valence-corrected chi connectivity index (χ4v) is 4.07. The summed E-state index contributed by atoms with van der Waals surface area (Å²) in [7, 11) is 0. The first-order chi connectivity index (χ1) is 16.2. The number of rotatable bonds is 13. The van der Waals surface area contributed by atoms with Crippen LogP contribution in [0.5, 0.6) is 0 Å². The van der Waals surface area contributed by atoms with E-state index in [4.69, 9.17) is 18.9 Å². The first kappa shape index (κ1) is 29.3. The van der Waals surface area contributed by atoms with E-state index < -0.39 is 80.6 Å². The van der Waals surface area contributed by atoms with Crippen LogP contribution in [0.25, 0.3) is 0 Å². The largest absolute Gasteiger partial charge is 0.454 e. The van der Waals surface area contributed by atoms with Gasteiger partial charge in [0.1, 0.15) is 43.2 Å². The maximum Gasteiger partial charge on any atom is 0.306 e. The standard InChI is InChI=1S/C22H40O12/c1-2-3-4-5-6-7-8-9-15(26)33-19-18(29)17(28)14(10-23)32-21(19)34-22(12-24)20(30)16(27)13(25)11-31-22/h13-14,16-21,23-25,27-30H,2-12H2,1H3/t13-,14-,16-,17-,18+,19-,20+,21-,22-/m1/s1. The smallest absolute Gasteiger partial charge is 0.306 e. The minimum atomic E-state index is -2.28. The van der Waals surface area contributed by atoms with Crippen LogP contribution >= 0.6 is 0 Å². The molecule has 0 amide bonds. The molecule has 2 saturated heterocycles. The molecule has 2 aliphatic rings. The molecule has 12 nitrogen and oxygen atoms in total. The fourth-order valence-electron chi connectivity index (χ4n) is 4.07. The van der Waals surface area contributed by atoms with E-state index in [1.165, 1.54) is 6.42 Å². The minimum absolute atomic E-state index is 0.0540. The van der Waals surface area contributed by atoms with E-state index in [9.17, 15) is 40.5 Å². The molecule has 0 aromatic carbocycles. The lowest BCUT2D eigenvalue weighted by atomic mass is 9.96. The van der Waals surface area contributed by atoms with Gasteiger partial charge in [-0.2, -0.15) is 0 Å². The van der Waals surface area contributed by atoms with Crippen LogP contribution in [0.1, 0.15) is 58.3 Å². The van der Waals surface area contributed by atoms with Gasteiger partial charge in [0.2, 0.25) is 12.1 Å². The van der Waals surface area contributed by atoms with Crippen LogP contribution in [0.4, 0.5) is 0 Å². The summed E-state index contributed by atoms with van der Waals surface area (Å²) in [6, 6.07) is 0.